The van der Waals surface area contributed by atoms with E-state index in [9.17, 15) is 5.11 Å². The maximum absolute atomic E-state index is 10.0. The third-order valence-corrected chi connectivity index (χ3v) is 4.40. The van der Waals surface area contributed by atoms with Crippen molar-refractivity contribution < 1.29 is 25.5 Å². The molecule has 0 bridgehead atoms. The minimum absolute atomic E-state index is 0. The summed E-state index contributed by atoms with van der Waals surface area (Å²) < 4.78 is 10.9. The summed E-state index contributed by atoms with van der Waals surface area (Å²) in [5.41, 5.74) is 2.83. The van der Waals surface area contributed by atoms with E-state index in [1.165, 1.54) is 0 Å². The largest absolute Gasteiger partial charge is 0.497 e. The van der Waals surface area contributed by atoms with Gasteiger partial charge in [-0.3, -0.25) is 0 Å². The van der Waals surface area contributed by atoms with E-state index >= 15 is 0 Å². The number of aromatic amines is 1. The Kier molecular flexibility index (Phi) is 14.7. The zero-order valence-electron chi connectivity index (χ0n) is 19.2. The molecule has 0 amide bonds. The molecule has 1 heterocycles. The van der Waals surface area contributed by atoms with Crippen molar-refractivity contribution >= 4 is 24.8 Å². The fraction of sp³-hybridized carbons (Fsp3) is 0.348. The van der Waals surface area contributed by atoms with Crippen molar-refractivity contribution in [3.8, 4) is 34.1 Å². The topological polar surface area (TPSA) is 142 Å². The van der Waals surface area contributed by atoms with Crippen LogP contribution >= 0.6 is 24.8 Å². The SMILES string of the molecule is COc1ccc(-c2c[nH]c(-c3ccc(OC[C@@H](O)CNC(C)(C)C)cc3)n2)cc1.Cl.Cl.O.O. The number of aliphatic hydroxyl groups is 1. The van der Waals surface area contributed by atoms with E-state index < -0.39 is 6.10 Å². The third kappa shape index (κ3) is 10.00. The number of methoxy groups -OCH3 is 1. The van der Waals surface area contributed by atoms with Crippen LogP contribution in [0.4, 0.5) is 0 Å². The van der Waals surface area contributed by atoms with E-state index in [-0.39, 0.29) is 47.9 Å². The van der Waals surface area contributed by atoms with Crippen molar-refractivity contribution in [2.45, 2.75) is 32.4 Å². The number of aliphatic hydroxyl groups excluding tert-OH is 1. The molecule has 8 nitrogen and oxygen atoms in total. The maximum Gasteiger partial charge on any atom is 0.138 e. The quantitative estimate of drug-likeness (QED) is 0.432. The van der Waals surface area contributed by atoms with Crippen LogP contribution in [0.5, 0.6) is 11.5 Å². The van der Waals surface area contributed by atoms with Gasteiger partial charge in [-0.2, -0.15) is 0 Å². The van der Waals surface area contributed by atoms with Crippen molar-refractivity contribution in [2.24, 2.45) is 0 Å². The number of nitrogens with zero attached hydrogens (tertiary/aromatic N) is 1. The normalized spacial score (nSPS) is 11.1. The first-order valence-corrected chi connectivity index (χ1v) is 9.70. The first-order valence-electron chi connectivity index (χ1n) is 9.70. The van der Waals surface area contributed by atoms with Crippen LogP contribution in [-0.2, 0) is 0 Å². The van der Waals surface area contributed by atoms with Gasteiger partial charge in [0.15, 0.2) is 0 Å². The van der Waals surface area contributed by atoms with Crippen LogP contribution in [0.3, 0.4) is 0 Å². The highest BCUT2D eigenvalue weighted by molar-refractivity contribution is 5.85. The Hall–Kier alpha value is -2.33. The van der Waals surface area contributed by atoms with Crippen LogP contribution in [0.25, 0.3) is 22.6 Å². The molecule has 33 heavy (non-hydrogen) atoms. The Morgan fingerprint density at radius 3 is 2.03 bits per heavy atom. The molecule has 0 radical (unpaired) electrons. The molecule has 0 aliphatic rings. The summed E-state index contributed by atoms with van der Waals surface area (Å²) >= 11 is 0. The Bertz CT molecular complexity index is 913. The van der Waals surface area contributed by atoms with Gasteiger partial charge < -0.3 is 35.8 Å². The summed E-state index contributed by atoms with van der Waals surface area (Å²) in [7, 11) is 1.65. The summed E-state index contributed by atoms with van der Waals surface area (Å²) in [6.07, 6.45) is 1.33. The van der Waals surface area contributed by atoms with E-state index in [4.69, 9.17) is 9.47 Å². The number of ether oxygens (including phenoxy) is 2. The molecule has 3 aromatic rings. The van der Waals surface area contributed by atoms with E-state index in [0.29, 0.717) is 12.3 Å². The molecule has 0 unspecified atom stereocenters. The molecule has 3 rings (SSSR count). The molecule has 0 aliphatic heterocycles. The van der Waals surface area contributed by atoms with Gasteiger partial charge in [0.2, 0.25) is 0 Å². The van der Waals surface area contributed by atoms with Crippen molar-refractivity contribution in [2.75, 3.05) is 20.3 Å². The van der Waals surface area contributed by atoms with E-state index in [1.807, 2.05) is 54.7 Å². The summed E-state index contributed by atoms with van der Waals surface area (Å²) in [5, 5.41) is 13.3. The molecule has 0 saturated heterocycles. The second kappa shape index (κ2) is 14.7. The van der Waals surface area contributed by atoms with Crippen LogP contribution in [-0.4, -0.2) is 57.9 Å². The highest BCUT2D eigenvalue weighted by Crippen LogP contribution is 2.25. The average Bonchev–Trinajstić information content (AvgIpc) is 3.21. The van der Waals surface area contributed by atoms with Gasteiger partial charge in [0.25, 0.3) is 0 Å². The van der Waals surface area contributed by atoms with Crippen LogP contribution in [0, 0.1) is 0 Å². The number of H-pyrrole nitrogens is 1. The maximum atomic E-state index is 10.0. The summed E-state index contributed by atoms with van der Waals surface area (Å²) in [6, 6.07) is 15.5. The molecule has 186 valence electrons. The molecule has 0 spiro atoms. The average molecular weight is 504 g/mol. The number of aromatic nitrogens is 2. The van der Waals surface area contributed by atoms with E-state index in [2.05, 4.69) is 36.1 Å². The van der Waals surface area contributed by atoms with Crippen molar-refractivity contribution in [3.63, 3.8) is 0 Å². The van der Waals surface area contributed by atoms with Crippen LogP contribution in [0.1, 0.15) is 20.8 Å². The predicted molar refractivity (Wildman–Crippen MR) is 137 cm³/mol. The van der Waals surface area contributed by atoms with Gasteiger partial charge in [0.1, 0.15) is 30.0 Å². The molecule has 2 aromatic carbocycles. The molecular formula is C23H35Cl2N3O5. The van der Waals surface area contributed by atoms with Gasteiger partial charge in [-0.05, 0) is 69.3 Å². The number of benzene rings is 2. The molecule has 0 fully saturated rings. The Morgan fingerprint density at radius 2 is 1.48 bits per heavy atom. The van der Waals surface area contributed by atoms with Crippen LogP contribution in [0.2, 0.25) is 0 Å². The molecule has 0 aliphatic carbocycles. The number of rotatable bonds is 8. The standard InChI is InChI=1S/C23H29N3O3.2ClH.2H2O/c1-23(2,3)25-13-18(27)15-29-20-11-7-17(8-12-20)22-24-14-21(26-22)16-5-9-19(28-4)10-6-16;;;;/h5-12,14,18,25,27H,13,15H2,1-4H3,(H,24,26);2*1H;2*1H2/t18-;;;;/m0..../s1. The number of hydrogen-bond acceptors (Lipinski definition) is 5. The van der Waals surface area contributed by atoms with E-state index in [1.54, 1.807) is 7.11 Å². The second-order valence-corrected chi connectivity index (χ2v) is 7.98. The Balaban J connectivity index is 0. The molecule has 10 heteroatoms. The molecule has 7 N–H and O–H groups in total. The Labute approximate surface area is 207 Å². The fourth-order valence-corrected chi connectivity index (χ4v) is 2.76. The molecule has 1 atom stereocenters. The minimum Gasteiger partial charge on any atom is -0.497 e. The first kappa shape index (κ1) is 32.8. The zero-order chi connectivity index (χ0) is 20.9. The van der Waals surface area contributed by atoms with Gasteiger partial charge >= 0.3 is 0 Å². The van der Waals surface area contributed by atoms with Gasteiger partial charge in [-0.15, -0.1) is 24.8 Å². The Morgan fingerprint density at radius 1 is 0.939 bits per heavy atom. The summed E-state index contributed by atoms with van der Waals surface area (Å²) in [5.74, 6) is 2.32. The lowest BCUT2D eigenvalue weighted by atomic mass is 10.1. The lowest BCUT2D eigenvalue weighted by molar-refractivity contribution is 0.100. The zero-order valence-corrected chi connectivity index (χ0v) is 20.8. The number of nitrogens with one attached hydrogen (secondary N) is 2. The monoisotopic (exact) mass is 503 g/mol. The fourth-order valence-electron chi connectivity index (χ4n) is 2.76. The lowest BCUT2D eigenvalue weighted by Gasteiger charge is -2.22. The first-order chi connectivity index (χ1) is 13.8. The number of β-amino-alcohol motifs (C(OH)–C–C–N with tert-alkyl or cyclic N) is 1. The van der Waals surface area contributed by atoms with Gasteiger partial charge in [0.05, 0.1) is 12.8 Å². The predicted octanol–water partition coefficient (Wildman–Crippen LogP) is 3.07. The number of halogens is 2. The third-order valence-electron chi connectivity index (χ3n) is 4.40. The lowest BCUT2D eigenvalue weighted by Crippen LogP contribution is -2.42. The highest BCUT2D eigenvalue weighted by atomic mass is 35.5. The van der Waals surface area contributed by atoms with Crippen molar-refractivity contribution in [3.05, 3.63) is 54.7 Å². The van der Waals surface area contributed by atoms with Gasteiger partial charge in [-0.1, -0.05) is 0 Å². The van der Waals surface area contributed by atoms with Gasteiger partial charge in [-0.25, -0.2) is 4.98 Å². The smallest absolute Gasteiger partial charge is 0.138 e. The summed E-state index contributed by atoms with van der Waals surface area (Å²) in [4.78, 5) is 7.89. The van der Waals surface area contributed by atoms with Crippen molar-refractivity contribution in [1.82, 2.24) is 15.3 Å². The molecule has 1 aromatic heterocycles. The molecular weight excluding hydrogens is 469 g/mol. The summed E-state index contributed by atoms with van der Waals surface area (Å²) in [6.45, 7) is 6.92. The van der Waals surface area contributed by atoms with Gasteiger partial charge in [0, 0.05) is 29.4 Å². The molecule has 0 saturated carbocycles. The highest BCUT2D eigenvalue weighted by Gasteiger charge is 2.13. The van der Waals surface area contributed by atoms with Crippen LogP contribution in [0.15, 0.2) is 54.7 Å². The van der Waals surface area contributed by atoms with Crippen LogP contribution < -0.4 is 14.8 Å². The number of hydrogen-bond donors (Lipinski definition) is 3. The second-order valence-electron chi connectivity index (χ2n) is 7.98. The number of imidazole rings is 1. The van der Waals surface area contributed by atoms with E-state index in [0.717, 1.165) is 28.4 Å². The van der Waals surface area contributed by atoms with Crippen molar-refractivity contribution in [1.29, 1.82) is 0 Å². The minimum atomic E-state index is -0.564.